The van der Waals surface area contributed by atoms with Crippen LogP contribution in [0.3, 0.4) is 0 Å². The lowest BCUT2D eigenvalue weighted by atomic mass is 10.0. The third kappa shape index (κ3) is 4.04. The number of nitrogens with one attached hydrogen (secondary N) is 2. The van der Waals surface area contributed by atoms with E-state index in [1.807, 2.05) is 12.1 Å². The van der Waals surface area contributed by atoms with Gasteiger partial charge in [-0.2, -0.15) is 0 Å². The van der Waals surface area contributed by atoms with E-state index in [2.05, 4.69) is 20.7 Å². The third-order valence-electron chi connectivity index (χ3n) is 4.65. The average molecular weight is 386 g/mol. The van der Waals surface area contributed by atoms with E-state index in [0.29, 0.717) is 29.0 Å². The fourth-order valence-corrected chi connectivity index (χ4v) is 3.32. The number of aromatic nitrogens is 3. The first-order valence-electron chi connectivity index (χ1n) is 8.92. The van der Waals surface area contributed by atoms with Crippen LogP contribution in [0.25, 0.3) is 16.8 Å². The lowest BCUT2D eigenvalue weighted by Gasteiger charge is -2.22. The van der Waals surface area contributed by atoms with Crippen LogP contribution >= 0.6 is 11.6 Å². The minimum atomic E-state index is -0.278. The number of halogens is 1. The Labute approximate surface area is 161 Å². The summed E-state index contributed by atoms with van der Waals surface area (Å²) in [5.74, 6) is 0.906. The molecule has 0 radical (unpaired) electrons. The summed E-state index contributed by atoms with van der Waals surface area (Å²) in [6.45, 7) is 2.14. The molecule has 3 heterocycles. The van der Waals surface area contributed by atoms with Gasteiger partial charge in [0, 0.05) is 37.2 Å². The van der Waals surface area contributed by atoms with E-state index in [4.69, 9.17) is 16.3 Å². The minimum Gasteiger partial charge on any atom is -0.381 e. The van der Waals surface area contributed by atoms with E-state index in [1.165, 1.54) is 0 Å². The minimum absolute atomic E-state index is 0.278. The topological polar surface area (TPSA) is 80.5 Å². The number of fused-ring (bicyclic) bond motifs is 1. The highest BCUT2D eigenvalue weighted by molar-refractivity contribution is 6.30. The first kappa shape index (κ1) is 17.8. The highest BCUT2D eigenvalue weighted by Gasteiger charge is 2.19. The molecule has 2 amide bonds. The molecular formula is C19H20ClN5O2. The Morgan fingerprint density at radius 3 is 2.81 bits per heavy atom. The first-order valence-corrected chi connectivity index (χ1v) is 9.30. The van der Waals surface area contributed by atoms with Gasteiger partial charge in [0.05, 0.1) is 5.56 Å². The number of amides is 2. The number of ether oxygens (including phenoxy) is 1. The second-order valence-corrected chi connectivity index (χ2v) is 6.95. The van der Waals surface area contributed by atoms with Crippen LogP contribution in [0.15, 0.2) is 42.7 Å². The largest absolute Gasteiger partial charge is 0.381 e. The summed E-state index contributed by atoms with van der Waals surface area (Å²) < 4.78 is 7.00. The SMILES string of the molecule is O=C(NCC1CCOCC1)Nc1nn2cccnc2c1-c1ccc(Cl)cc1. The Balaban J connectivity index is 1.56. The van der Waals surface area contributed by atoms with Crippen LogP contribution in [0.2, 0.25) is 5.02 Å². The molecule has 140 valence electrons. The maximum Gasteiger partial charge on any atom is 0.320 e. The molecule has 1 saturated heterocycles. The van der Waals surface area contributed by atoms with Gasteiger partial charge in [-0.1, -0.05) is 23.7 Å². The fourth-order valence-electron chi connectivity index (χ4n) is 3.20. The molecule has 0 aliphatic carbocycles. The molecule has 1 aromatic carbocycles. The Hall–Kier alpha value is -2.64. The Morgan fingerprint density at radius 1 is 1.26 bits per heavy atom. The summed E-state index contributed by atoms with van der Waals surface area (Å²) in [6, 6.07) is 8.90. The molecule has 0 saturated carbocycles. The second kappa shape index (κ2) is 7.94. The summed E-state index contributed by atoms with van der Waals surface area (Å²) in [4.78, 5) is 16.8. The molecule has 1 aliphatic rings. The smallest absolute Gasteiger partial charge is 0.320 e. The van der Waals surface area contributed by atoms with Gasteiger partial charge in [0.15, 0.2) is 11.5 Å². The third-order valence-corrected chi connectivity index (χ3v) is 4.90. The van der Waals surface area contributed by atoms with E-state index >= 15 is 0 Å². The highest BCUT2D eigenvalue weighted by Crippen LogP contribution is 2.31. The number of hydrogen-bond donors (Lipinski definition) is 2. The predicted molar refractivity (Wildman–Crippen MR) is 104 cm³/mol. The molecule has 0 atom stereocenters. The van der Waals surface area contributed by atoms with Gasteiger partial charge in [0.25, 0.3) is 0 Å². The number of benzene rings is 1. The lowest BCUT2D eigenvalue weighted by molar-refractivity contribution is 0.0671. The number of urea groups is 1. The summed E-state index contributed by atoms with van der Waals surface area (Å²) in [5.41, 5.74) is 2.31. The molecule has 4 rings (SSSR count). The maximum absolute atomic E-state index is 12.4. The molecule has 3 aromatic rings. The Morgan fingerprint density at radius 2 is 2.04 bits per heavy atom. The number of anilines is 1. The van der Waals surface area contributed by atoms with Crippen molar-refractivity contribution in [2.24, 2.45) is 5.92 Å². The van der Waals surface area contributed by atoms with Crippen molar-refractivity contribution >= 4 is 29.1 Å². The van der Waals surface area contributed by atoms with Crippen LogP contribution in [-0.4, -0.2) is 40.4 Å². The van der Waals surface area contributed by atoms with Crippen LogP contribution in [0.1, 0.15) is 12.8 Å². The molecule has 1 aliphatic heterocycles. The van der Waals surface area contributed by atoms with Crippen LogP contribution in [0, 0.1) is 5.92 Å². The van der Waals surface area contributed by atoms with Crippen molar-refractivity contribution < 1.29 is 9.53 Å². The normalized spacial score (nSPS) is 15.0. The van der Waals surface area contributed by atoms with Crippen molar-refractivity contribution in [2.75, 3.05) is 25.1 Å². The van der Waals surface area contributed by atoms with Gasteiger partial charge in [-0.3, -0.25) is 5.32 Å². The quantitative estimate of drug-likeness (QED) is 0.719. The zero-order valence-corrected chi connectivity index (χ0v) is 15.4. The maximum atomic E-state index is 12.4. The zero-order chi connectivity index (χ0) is 18.6. The van der Waals surface area contributed by atoms with Crippen molar-refractivity contribution in [3.8, 4) is 11.1 Å². The second-order valence-electron chi connectivity index (χ2n) is 6.51. The lowest BCUT2D eigenvalue weighted by Crippen LogP contribution is -2.35. The van der Waals surface area contributed by atoms with E-state index in [9.17, 15) is 4.79 Å². The van der Waals surface area contributed by atoms with Gasteiger partial charge in [0.1, 0.15) is 0 Å². The monoisotopic (exact) mass is 385 g/mol. The molecule has 2 aromatic heterocycles. The van der Waals surface area contributed by atoms with Crippen molar-refractivity contribution in [2.45, 2.75) is 12.8 Å². The standard InChI is InChI=1S/C19H20ClN5O2/c20-15-4-2-14(3-5-15)16-17(24-25-9-1-8-21-18(16)25)23-19(26)22-12-13-6-10-27-11-7-13/h1-5,8-9,13H,6-7,10-12H2,(H2,22,23,24,26). The van der Waals surface area contributed by atoms with Gasteiger partial charge < -0.3 is 10.1 Å². The van der Waals surface area contributed by atoms with Crippen molar-refractivity contribution in [1.82, 2.24) is 19.9 Å². The highest BCUT2D eigenvalue weighted by atomic mass is 35.5. The molecule has 0 bridgehead atoms. The van der Waals surface area contributed by atoms with Crippen LogP contribution in [-0.2, 0) is 4.74 Å². The van der Waals surface area contributed by atoms with Gasteiger partial charge in [0.2, 0.25) is 0 Å². The summed E-state index contributed by atoms with van der Waals surface area (Å²) in [5, 5.41) is 10.9. The van der Waals surface area contributed by atoms with Crippen LogP contribution in [0.4, 0.5) is 10.6 Å². The summed E-state index contributed by atoms with van der Waals surface area (Å²) in [7, 11) is 0. The molecule has 7 nitrogen and oxygen atoms in total. The number of nitrogens with zero attached hydrogens (tertiary/aromatic N) is 3. The Kier molecular flexibility index (Phi) is 5.22. The number of carbonyl (C=O) groups excluding carboxylic acids is 1. The average Bonchev–Trinajstić information content (AvgIpc) is 3.05. The van der Waals surface area contributed by atoms with Gasteiger partial charge in [-0.15, -0.1) is 5.10 Å². The van der Waals surface area contributed by atoms with Crippen LogP contribution < -0.4 is 10.6 Å². The first-order chi connectivity index (χ1) is 13.2. The molecule has 27 heavy (non-hydrogen) atoms. The van der Waals surface area contributed by atoms with E-state index in [-0.39, 0.29) is 6.03 Å². The van der Waals surface area contributed by atoms with Gasteiger partial charge in [-0.05, 0) is 42.5 Å². The predicted octanol–water partition coefficient (Wildman–Crippen LogP) is 3.60. The molecule has 0 unspecified atom stereocenters. The number of carbonyl (C=O) groups is 1. The van der Waals surface area contributed by atoms with E-state index < -0.39 is 0 Å². The number of hydrogen-bond acceptors (Lipinski definition) is 4. The molecule has 1 fully saturated rings. The van der Waals surface area contributed by atoms with Gasteiger partial charge >= 0.3 is 6.03 Å². The molecule has 2 N–H and O–H groups in total. The van der Waals surface area contributed by atoms with E-state index in [0.717, 1.165) is 37.2 Å². The van der Waals surface area contributed by atoms with Crippen molar-refractivity contribution in [1.29, 1.82) is 0 Å². The number of rotatable bonds is 4. The molecular weight excluding hydrogens is 366 g/mol. The summed E-state index contributed by atoms with van der Waals surface area (Å²) >= 11 is 6.01. The molecule has 8 heteroatoms. The van der Waals surface area contributed by atoms with E-state index in [1.54, 1.807) is 35.1 Å². The summed E-state index contributed by atoms with van der Waals surface area (Å²) in [6.07, 6.45) is 5.43. The van der Waals surface area contributed by atoms with Gasteiger partial charge in [-0.25, -0.2) is 14.3 Å². The molecule has 0 spiro atoms. The fraction of sp³-hybridized carbons (Fsp3) is 0.316. The zero-order valence-electron chi connectivity index (χ0n) is 14.7. The van der Waals surface area contributed by atoms with Crippen LogP contribution in [0.5, 0.6) is 0 Å². The van der Waals surface area contributed by atoms with Crippen molar-refractivity contribution in [3.05, 3.63) is 47.7 Å². The Bertz CT molecular complexity index is 935. The van der Waals surface area contributed by atoms with Crippen molar-refractivity contribution in [3.63, 3.8) is 0 Å².